The molecule has 0 radical (unpaired) electrons. The van der Waals surface area contributed by atoms with Gasteiger partial charge in [0.2, 0.25) is 0 Å². The highest BCUT2D eigenvalue weighted by Crippen LogP contribution is 2.29. The van der Waals surface area contributed by atoms with Gasteiger partial charge in [0.05, 0.1) is 12.0 Å². The van der Waals surface area contributed by atoms with Crippen molar-refractivity contribution < 1.29 is 9.50 Å². The van der Waals surface area contributed by atoms with Gasteiger partial charge in [0.15, 0.2) is 0 Å². The van der Waals surface area contributed by atoms with Crippen LogP contribution in [0.4, 0.5) is 10.2 Å². The summed E-state index contributed by atoms with van der Waals surface area (Å²) in [4.78, 5) is 14.0. The van der Waals surface area contributed by atoms with Gasteiger partial charge in [-0.3, -0.25) is 0 Å². The topological polar surface area (TPSA) is 65.0 Å². The lowest BCUT2D eigenvalue weighted by Gasteiger charge is -2.18. The van der Waals surface area contributed by atoms with E-state index < -0.39 is 5.82 Å². The zero-order valence-corrected chi connectivity index (χ0v) is 14.9. The summed E-state index contributed by atoms with van der Waals surface area (Å²) < 4.78 is 14.0. The summed E-state index contributed by atoms with van der Waals surface area (Å²) in [6, 6.07) is 16.9. The molecule has 136 valence electrons. The average Bonchev–Trinajstić information content (AvgIpc) is 3.13. The molecule has 0 saturated heterocycles. The van der Waals surface area contributed by atoms with Crippen molar-refractivity contribution in [1.82, 2.24) is 15.0 Å². The van der Waals surface area contributed by atoms with Crippen LogP contribution in [-0.4, -0.2) is 27.1 Å². The Hall–Kier alpha value is -3.25. The molecule has 27 heavy (non-hydrogen) atoms. The Kier molecular flexibility index (Phi) is 4.56. The van der Waals surface area contributed by atoms with E-state index in [1.807, 2.05) is 31.3 Å². The molecule has 0 aliphatic rings. The molecule has 5 nitrogen and oxygen atoms in total. The minimum absolute atomic E-state index is 0.276. The van der Waals surface area contributed by atoms with Crippen LogP contribution in [0.15, 0.2) is 60.9 Å². The number of benzene rings is 2. The van der Waals surface area contributed by atoms with E-state index in [0.717, 1.165) is 16.9 Å². The number of aliphatic hydroxyl groups excluding tert-OH is 1. The third kappa shape index (κ3) is 3.39. The molecule has 6 heteroatoms. The number of aromatic amines is 1. The van der Waals surface area contributed by atoms with Crippen LogP contribution in [0.5, 0.6) is 0 Å². The molecule has 4 aromatic rings. The molecule has 0 unspecified atom stereocenters. The largest absolute Gasteiger partial charge is 0.392 e. The molecule has 2 aromatic heterocycles. The molecule has 0 aliphatic heterocycles. The standard InChI is InChI=1S/C21H19FN4O/c1-26(11-14-5-3-2-4-6-14)21-17-10-19(25-20(17)23-13-24-21)15-7-8-16(12-27)18(22)9-15/h2-10,13,27H,11-12H2,1H3,(H,23,24,25). The number of hydrogen-bond acceptors (Lipinski definition) is 4. The number of H-pyrrole nitrogens is 1. The summed E-state index contributed by atoms with van der Waals surface area (Å²) in [5.41, 5.74) is 3.60. The molecule has 0 bridgehead atoms. The van der Waals surface area contributed by atoms with Gasteiger partial charge in [0.25, 0.3) is 0 Å². The molecule has 4 rings (SSSR count). The van der Waals surface area contributed by atoms with Crippen LogP contribution in [0, 0.1) is 5.82 Å². The Balaban J connectivity index is 1.71. The minimum Gasteiger partial charge on any atom is -0.392 e. The van der Waals surface area contributed by atoms with Crippen LogP contribution >= 0.6 is 0 Å². The second-order valence-electron chi connectivity index (χ2n) is 6.45. The van der Waals surface area contributed by atoms with Crippen molar-refractivity contribution in [1.29, 1.82) is 0 Å². The normalized spacial score (nSPS) is 11.1. The number of aromatic nitrogens is 3. The van der Waals surface area contributed by atoms with Crippen LogP contribution in [-0.2, 0) is 13.2 Å². The number of fused-ring (bicyclic) bond motifs is 1. The van der Waals surface area contributed by atoms with E-state index in [1.54, 1.807) is 12.1 Å². The first-order valence-corrected chi connectivity index (χ1v) is 8.64. The molecule has 0 spiro atoms. The van der Waals surface area contributed by atoms with Gasteiger partial charge in [0, 0.05) is 30.4 Å². The smallest absolute Gasteiger partial charge is 0.143 e. The molecule has 0 amide bonds. The maximum absolute atomic E-state index is 14.0. The van der Waals surface area contributed by atoms with Gasteiger partial charge in [-0.25, -0.2) is 14.4 Å². The van der Waals surface area contributed by atoms with Gasteiger partial charge in [0.1, 0.15) is 23.6 Å². The average molecular weight is 362 g/mol. The zero-order chi connectivity index (χ0) is 18.8. The monoisotopic (exact) mass is 362 g/mol. The quantitative estimate of drug-likeness (QED) is 0.565. The number of nitrogens with one attached hydrogen (secondary N) is 1. The van der Waals surface area contributed by atoms with Crippen LogP contribution < -0.4 is 4.90 Å². The highest BCUT2D eigenvalue weighted by Gasteiger charge is 2.14. The lowest BCUT2D eigenvalue weighted by Crippen LogP contribution is -2.17. The Morgan fingerprint density at radius 1 is 1.07 bits per heavy atom. The number of rotatable bonds is 5. The highest BCUT2D eigenvalue weighted by atomic mass is 19.1. The summed E-state index contributed by atoms with van der Waals surface area (Å²) in [7, 11) is 1.98. The Labute approximate surface area is 156 Å². The summed E-state index contributed by atoms with van der Waals surface area (Å²) in [5, 5.41) is 10.0. The third-order valence-electron chi connectivity index (χ3n) is 4.56. The van der Waals surface area contributed by atoms with Crippen LogP contribution in [0.2, 0.25) is 0 Å². The van der Waals surface area contributed by atoms with E-state index in [9.17, 15) is 4.39 Å². The molecular formula is C21H19FN4O. The first-order chi connectivity index (χ1) is 13.2. The molecule has 2 N–H and O–H groups in total. The van der Waals surface area contributed by atoms with Crippen molar-refractivity contribution >= 4 is 16.9 Å². The van der Waals surface area contributed by atoms with Crippen molar-refractivity contribution in [3.8, 4) is 11.3 Å². The minimum atomic E-state index is -0.429. The molecule has 0 saturated carbocycles. The molecule has 0 fully saturated rings. The van der Waals surface area contributed by atoms with Crippen molar-refractivity contribution in [2.24, 2.45) is 0 Å². The zero-order valence-electron chi connectivity index (χ0n) is 14.9. The fraction of sp³-hybridized carbons (Fsp3) is 0.143. The molecule has 0 aliphatic carbocycles. The SMILES string of the molecule is CN(Cc1ccccc1)c1ncnc2[nH]c(-c3ccc(CO)c(F)c3)cc12. The van der Waals surface area contributed by atoms with E-state index >= 15 is 0 Å². The number of halogens is 1. The maximum Gasteiger partial charge on any atom is 0.143 e. The van der Waals surface area contributed by atoms with Gasteiger partial charge >= 0.3 is 0 Å². The second kappa shape index (κ2) is 7.17. The van der Waals surface area contributed by atoms with E-state index in [1.165, 1.54) is 18.0 Å². The molecule has 2 heterocycles. The first kappa shape index (κ1) is 17.2. The number of anilines is 1. The predicted molar refractivity (Wildman–Crippen MR) is 104 cm³/mol. The summed E-state index contributed by atoms with van der Waals surface area (Å²) >= 11 is 0. The van der Waals surface area contributed by atoms with Gasteiger partial charge in [-0.05, 0) is 17.7 Å². The van der Waals surface area contributed by atoms with Gasteiger partial charge in [-0.2, -0.15) is 0 Å². The molecular weight excluding hydrogens is 343 g/mol. The van der Waals surface area contributed by atoms with Crippen molar-refractivity contribution in [3.05, 3.63) is 77.9 Å². The van der Waals surface area contributed by atoms with Gasteiger partial charge in [-0.15, -0.1) is 0 Å². The summed E-state index contributed by atoms with van der Waals surface area (Å²) in [6.45, 7) is 0.395. The number of hydrogen-bond donors (Lipinski definition) is 2. The lowest BCUT2D eigenvalue weighted by molar-refractivity contribution is 0.276. The van der Waals surface area contributed by atoms with Crippen LogP contribution in [0.3, 0.4) is 0 Å². The summed E-state index contributed by atoms with van der Waals surface area (Å²) in [5.74, 6) is 0.375. The van der Waals surface area contributed by atoms with Crippen LogP contribution in [0.25, 0.3) is 22.3 Å². The highest BCUT2D eigenvalue weighted by molar-refractivity contribution is 5.91. The third-order valence-corrected chi connectivity index (χ3v) is 4.56. The predicted octanol–water partition coefficient (Wildman–Crippen LogP) is 3.89. The maximum atomic E-state index is 14.0. The molecule has 2 aromatic carbocycles. The number of nitrogens with zero attached hydrogens (tertiary/aromatic N) is 3. The Morgan fingerprint density at radius 3 is 2.63 bits per heavy atom. The van der Waals surface area contributed by atoms with Gasteiger partial charge < -0.3 is 15.0 Å². The van der Waals surface area contributed by atoms with Gasteiger partial charge in [-0.1, -0.05) is 42.5 Å². The van der Waals surface area contributed by atoms with E-state index in [4.69, 9.17) is 5.11 Å². The fourth-order valence-electron chi connectivity index (χ4n) is 3.16. The molecule has 0 atom stereocenters. The first-order valence-electron chi connectivity index (χ1n) is 8.64. The van der Waals surface area contributed by atoms with E-state index in [2.05, 4.69) is 32.0 Å². The van der Waals surface area contributed by atoms with Crippen LogP contribution in [0.1, 0.15) is 11.1 Å². The fourth-order valence-corrected chi connectivity index (χ4v) is 3.16. The van der Waals surface area contributed by atoms with E-state index in [0.29, 0.717) is 17.8 Å². The second-order valence-corrected chi connectivity index (χ2v) is 6.45. The Morgan fingerprint density at radius 2 is 1.89 bits per heavy atom. The Bertz CT molecular complexity index is 1080. The van der Waals surface area contributed by atoms with Crippen molar-refractivity contribution in [2.75, 3.05) is 11.9 Å². The number of aliphatic hydroxyl groups is 1. The van der Waals surface area contributed by atoms with Crippen molar-refractivity contribution in [2.45, 2.75) is 13.2 Å². The lowest BCUT2D eigenvalue weighted by atomic mass is 10.1. The van der Waals surface area contributed by atoms with Crippen molar-refractivity contribution in [3.63, 3.8) is 0 Å². The summed E-state index contributed by atoms with van der Waals surface area (Å²) in [6.07, 6.45) is 1.52. The van der Waals surface area contributed by atoms with E-state index in [-0.39, 0.29) is 12.2 Å².